The highest BCUT2D eigenvalue weighted by Crippen LogP contribution is 2.43. The fourth-order valence-corrected chi connectivity index (χ4v) is 10.1. The van der Waals surface area contributed by atoms with Gasteiger partial charge >= 0.3 is 0 Å². The Hall–Kier alpha value is -7.46. The van der Waals surface area contributed by atoms with Crippen LogP contribution in [-0.4, -0.2) is 0 Å². The molecule has 12 rings (SSSR count). The Morgan fingerprint density at radius 2 is 0.966 bits per heavy atom. The van der Waals surface area contributed by atoms with Gasteiger partial charge in [-0.2, -0.15) is 0 Å². The Kier molecular flexibility index (Phi) is 7.75. The molecular formula is C56H35NOS. The topological polar surface area (TPSA) is 16.4 Å². The maximum atomic E-state index is 6.60. The minimum absolute atomic E-state index is 0.893. The van der Waals surface area contributed by atoms with Crippen LogP contribution in [0.3, 0.4) is 0 Å². The van der Waals surface area contributed by atoms with Crippen LogP contribution in [0.1, 0.15) is 0 Å². The van der Waals surface area contributed by atoms with Crippen LogP contribution in [0.25, 0.3) is 97.0 Å². The Bertz CT molecular complexity index is 3550. The molecule has 59 heavy (non-hydrogen) atoms. The van der Waals surface area contributed by atoms with Gasteiger partial charge in [-0.05, 0) is 116 Å². The van der Waals surface area contributed by atoms with Crippen LogP contribution >= 0.6 is 11.3 Å². The van der Waals surface area contributed by atoms with Gasteiger partial charge in [0.2, 0.25) is 0 Å². The molecule has 3 heteroatoms. The number of hydrogen-bond acceptors (Lipinski definition) is 3. The van der Waals surface area contributed by atoms with Crippen LogP contribution < -0.4 is 4.90 Å². The summed E-state index contributed by atoms with van der Waals surface area (Å²) in [7, 11) is 0. The van der Waals surface area contributed by atoms with Crippen molar-refractivity contribution in [2.75, 3.05) is 4.90 Å². The molecule has 0 aliphatic carbocycles. The van der Waals surface area contributed by atoms with Gasteiger partial charge in [0.05, 0.1) is 0 Å². The van der Waals surface area contributed by atoms with E-state index < -0.39 is 0 Å². The maximum Gasteiger partial charge on any atom is 0.143 e. The van der Waals surface area contributed by atoms with Crippen molar-refractivity contribution >= 4 is 92.1 Å². The number of fused-ring (bicyclic) bond motifs is 9. The third-order valence-corrected chi connectivity index (χ3v) is 13.0. The van der Waals surface area contributed by atoms with Crippen LogP contribution in [-0.2, 0) is 0 Å². The van der Waals surface area contributed by atoms with E-state index in [1.165, 1.54) is 58.6 Å². The quantitative estimate of drug-likeness (QED) is 0.167. The summed E-state index contributed by atoms with van der Waals surface area (Å²) in [6.07, 6.45) is 0. The Morgan fingerprint density at radius 3 is 1.80 bits per heavy atom. The number of rotatable bonds is 6. The Balaban J connectivity index is 0.985. The van der Waals surface area contributed by atoms with E-state index in [1.807, 2.05) is 11.3 Å². The minimum Gasteiger partial charge on any atom is -0.455 e. The first-order valence-electron chi connectivity index (χ1n) is 20.1. The molecule has 0 bridgehead atoms. The molecule has 2 nitrogen and oxygen atoms in total. The van der Waals surface area contributed by atoms with E-state index in [0.717, 1.165) is 55.5 Å². The summed E-state index contributed by atoms with van der Waals surface area (Å²) in [4.78, 5) is 2.37. The molecule has 12 aromatic rings. The zero-order valence-electron chi connectivity index (χ0n) is 32.0. The molecule has 0 unspecified atom stereocenters. The van der Waals surface area contributed by atoms with Crippen molar-refractivity contribution in [2.24, 2.45) is 0 Å². The molecular weight excluding hydrogens is 735 g/mol. The van der Waals surface area contributed by atoms with Crippen molar-refractivity contribution in [3.8, 4) is 33.4 Å². The van der Waals surface area contributed by atoms with Gasteiger partial charge in [0.25, 0.3) is 0 Å². The third kappa shape index (κ3) is 5.62. The highest BCUT2D eigenvalue weighted by atomic mass is 32.1. The molecule has 0 aliphatic heterocycles. The normalized spacial score (nSPS) is 11.7. The number of anilines is 3. The lowest BCUT2D eigenvalue weighted by Gasteiger charge is -2.26. The highest BCUT2D eigenvalue weighted by molar-refractivity contribution is 7.25. The molecule has 0 saturated heterocycles. The van der Waals surface area contributed by atoms with Crippen molar-refractivity contribution < 1.29 is 4.42 Å². The average Bonchev–Trinajstić information content (AvgIpc) is 3.88. The summed E-state index contributed by atoms with van der Waals surface area (Å²) in [6, 6.07) is 77.0. The summed E-state index contributed by atoms with van der Waals surface area (Å²) in [5, 5.41) is 9.70. The highest BCUT2D eigenvalue weighted by Gasteiger charge is 2.18. The van der Waals surface area contributed by atoms with Crippen molar-refractivity contribution in [1.82, 2.24) is 0 Å². The number of hydrogen-bond donors (Lipinski definition) is 0. The number of furan rings is 1. The SMILES string of the molecule is c1cc(-c2cccc3oc4c5ccccc5ccc4c23)cc(N(c2ccc(-c3ccc4sc5ccccc5c4c3)cc2)c2ccc(-c3cccc4ccccc34)cc2)c1. The first kappa shape index (κ1) is 33.7. The van der Waals surface area contributed by atoms with Crippen LogP contribution in [0.2, 0.25) is 0 Å². The van der Waals surface area contributed by atoms with E-state index in [0.29, 0.717) is 0 Å². The molecule has 0 radical (unpaired) electrons. The first-order valence-corrected chi connectivity index (χ1v) is 20.9. The fraction of sp³-hybridized carbons (Fsp3) is 0. The summed E-state index contributed by atoms with van der Waals surface area (Å²) in [6.45, 7) is 0. The maximum absolute atomic E-state index is 6.60. The lowest BCUT2D eigenvalue weighted by molar-refractivity contribution is 0.673. The Morgan fingerprint density at radius 1 is 0.339 bits per heavy atom. The zero-order valence-corrected chi connectivity index (χ0v) is 32.8. The molecule has 2 aromatic heterocycles. The molecule has 0 fully saturated rings. The molecule has 0 aliphatic rings. The number of nitrogens with zero attached hydrogens (tertiary/aromatic N) is 1. The van der Waals surface area contributed by atoms with Gasteiger partial charge in [-0.25, -0.2) is 0 Å². The smallest absolute Gasteiger partial charge is 0.143 e. The molecule has 276 valence electrons. The molecule has 2 heterocycles. The summed E-state index contributed by atoms with van der Waals surface area (Å²) < 4.78 is 9.24. The second-order valence-electron chi connectivity index (χ2n) is 15.3. The summed E-state index contributed by atoms with van der Waals surface area (Å²) >= 11 is 1.86. The van der Waals surface area contributed by atoms with Crippen molar-refractivity contribution in [3.63, 3.8) is 0 Å². The standard InChI is InChI=1S/C56H35NOS/c1-3-15-45-37(10-1)12-8-18-46(45)39-24-30-43(31-25-39)57(42-28-22-36(23-29-42)40-27-33-54-51(35-40)49-17-5-6-21-53(49)59-54)44-14-7-13-41(34-44)47-19-9-20-52-55(47)50-32-26-38-11-2-4-16-48(38)56(50)58-52/h1-35H. The van der Waals surface area contributed by atoms with Gasteiger partial charge < -0.3 is 9.32 Å². The summed E-state index contributed by atoms with van der Waals surface area (Å²) in [5.41, 5.74) is 12.2. The van der Waals surface area contributed by atoms with E-state index in [-0.39, 0.29) is 0 Å². The predicted octanol–water partition coefficient (Wildman–Crippen LogP) is 16.7. The fourth-order valence-electron chi connectivity index (χ4n) is 9.03. The van der Waals surface area contributed by atoms with Gasteiger partial charge in [0, 0.05) is 53.4 Å². The molecule has 0 atom stereocenters. The van der Waals surface area contributed by atoms with Crippen molar-refractivity contribution in [1.29, 1.82) is 0 Å². The monoisotopic (exact) mass is 769 g/mol. The minimum atomic E-state index is 0.893. The van der Waals surface area contributed by atoms with Gasteiger partial charge in [-0.3, -0.25) is 0 Å². The zero-order chi connectivity index (χ0) is 38.9. The van der Waals surface area contributed by atoms with E-state index in [1.54, 1.807) is 0 Å². The van der Waals surface area contributed by atoms with Crippen LogP contribution in [0, 0.1) is 0 Å². The molecule has 0 spiro atoms. The van der Waals surface area contributed by atoms with Crippen LogP contribution in [0.4, 0.5) is 17.1 Å². The van der Waals surface area contributed by atoms with Crippen molar-refractivity contribution in [2.45, 2.75) is 0 Å². The molecule has 0 N–H and O–H groups in total. The van der Waals surface area contributed by atoms with E-state index in [4.69, 9.17) is 4.42 Å². The molecule has 0 amide bonds. The largest absolute Gasteiger partial charge is 0.455 e. The molecule has 0 saturated carbocycles. The van der Waals surface area contributed by atoms with Crippen LogP contribution in [0.15, 0.2) is 217 Å². The van der Waals surface area contributed by atoms with Crippen molar-refractivity contribution in [3.05, 3.63) is 212 Å². The number of benzene rings is 10. The number of thiophene rings is 1. The lowest BCUT2D eigenvalue weighted by Crippen LogP contribution is -2.10. The third-order valence-electron chi connectivity index (χ3n) is 11.9. The predicted molar refractivity (Wildman–Crippen MR) is 253 cm³/mol. The average molecular weight is 770 g/mol. The Labute approximate surface area is 345 Å². The molecule has 10 aromatic carbocycles. The lowest BCUT2D eigenvalue weighted by atomic mass is 9.97. The summed E-state index contributed by atoms with van der Waals surface area (Å²) in [5.74, 6) is 0. The van der Waals surface area contributed by atoms with E-state index >= 15 is 0 Å². The van der Waals surface area contributed by atoms with Gasteiger partial charge in [-0.1, -0.05) is 146 Å². The first-order chi connectivity index (χ1) is 29.2. The van der Waals surface area contributed by atoms with Gasteiger partial charge in [0.1, 0.15) is 11.2 Å². The van der Waals surface area contributed by atoms with E-state index in [9.17, 15) is 0 Å². The van der Waals surface area contributed by atoms with E-state index in [2.05, 4.69) is 217 Å². The second-order valence-corrected chi connectivity index (χ2v) is 16.3. The van der Waals surface area contributed by atoms with Gasteiger partial charge in [0.15, 0.2) is 0 Å². The van der Waals surface area contributed by atoms with Crippen LogP contribution in [0.5, 0.6) is 0 Å². The van der Waals surface area contributed by atoms with Gasteiger partial charge in [-0.15, -0.1) is 11.3 Å². The second kappa shape index (κ2) is 13.6.